The van der Waals surface area contributed by atoms with Crippen LogP contribution < -0.4 is 9.47 Å². The number of allylic oxidation sites excluding steroid dienone is 2. The van der Waals surface area contributed by atoms with E-state index < -0.39 is 5.97 Å². The van der Waals surface area contributed by atoms with Gasteiger partial charge in [-0.05, 0) is 25.1 Å². The van der Waals surface area contributed by atoms with Gasteiger partial charge in [0.25, 0.3) is 0 Å². The minimum absolute atomic E-state index is 0.172. The van der Waals surface area contributed by atoms with Crippen molar-refractivity contribution < 1.29 is 28.6 Å². The van der Waals surface area contributed by atoms with Gasteiger partial charge in [-0.2, -0.15) is 0 Å². The fourth-order valence-corrected chi connectivity index (χ4v) is 3.43. The average Bonchev–Trinajstić information content (AvgIpc) is 3.62. The van der Waals surface area contributed by atoms with E-state index in [0.717, 1.165) is 13.1 Å². The number of carbonyl (C=O) groups excluding carboxylic acids is 3. The molecule has 2 heterocycles. The third-order valence-electron chi connectivity index (χ3n) is 5.19. The lowest BCUT2D eigenvalue weighted by Gasteiger charge is -2.23. The van der Waals surface area contributed by atoms with Gasteiger partial charge in [-0.1, -0.05) is 0 Å². The molecule has 1 aliphatic carbocycles. The second kappa shape index (κ2) is 7.27. The molecule has 0 amide bonds. The van der Waals surface area contributed by atoms with Gasteiger partial charge < -0.3 is 24.0 Å². The monoisotopic (exact) mass is 398 g/mol. The third-order valence-corrected chi connectivity index (χ3v) is 5.19. The molecule has 0 radical (unpaired) electrons. The van der Waals surface area contributed by atoms with Crippen LogP contribution in [-0.2, 0) is 14.3 Å². The first kappa shape index (κ1) is 19.0. The number of esters is 1. The van der Waals surface area contributed by atoms with Gasteiger partial charge >= 0.3 is 5.97 Å². The summed E-state index contributed by atoms with van der Waals surface area (Å²) in [4.78, 5) is 42.4. The molecule has 4 rings (SSSR count). The van der Waals surface area contributed by atoms with Crippen molar-refractivity contribution >= 4 is 17.5 Å². The number of carbonyl (C=O) groups is 3. The Balaban J connectivity index is 1.60. The molecule has 1 aromatic rings. The van der Waals surface area contributed by atoms with Crippen molar-refractivity contribution in [1.29, 1.82) is 0 Å². The minimum atomic E-state index is -0.654. The van der Waals surface area contributed by atoms with Crippen LogP contribution in [0.15, 0.2) is 40.7 Å². The lowest BCUT2D eigenvalue weighted by Crippen LogP contribution is -2.31. The Hall–Kier alpha value is -3.29. The third kappa shape index (κ3) is 3.46. The van der Waals surface area contributed by atoms with Crippen LogP contribution in [0.25, 0.3) is 0 Å². The van der Waals surface area contributed by atoms with Gasteiger partial charge in [-0.25, -0.2) is 4.79 Å². The van der Waals surface area contributed by atoms with Crippen molar-refractivity contribution in [1.82, 2.24) is 9.80 Å². The summed E-state index contributed by atoms with van der Waals surface area (Å²) in [5.41, 5.74) is 1.65. The first-order valence-electron chi connectivity index (χ1n) is 9.38. The molecule has 3 aliphatic rings. The molecule has 8 heteroatoms. The molecule has 2 aliphatic heterocycles. The van der Waals surface area contributed by atoms with Crippen molar-refractivity contribution in [2.45, 2.75) is 6.92 Å². The van der Waals surface area contributed by atoms with E-state index in [1.807, 2.05) is 9.80 Å². The molecule has 0 spiro atoms. The number of nitrogens with zero attached hydrogens (tertiary/aromatic N) is 2. The van der Waals surface area contributed by atoms with Crippen LogP contribution in [0.5, 0.6) is 11.5 Å². The number of hydrogen-bond donors (Lipinski definition) is 0. The first-order chi connectivity index (χ1) is 14.0. The zero-order valence-electron chi connectivity index (χ0n) is 16.6. The molecular weight excluding hydrogens is 376 g/mol. The van der Waals surface area contributed by atoms with E-state index in [4.69, 9.17) is 14.2 Å². The number of Topliss-reactive ketones (excluding diaryl/α,β-unsaturated/α-hetero) is 2. The maximum atomic E-state index is 13.1. The summed E-state index contributed by atoms with van der Waals surface area (Å²) in [6.07, 6.45) is 0. The predicted molar refractivity (Wildman–Crippen MR) is 103 cm³/mol. The maximum absolute atomic E-state index is 13.1. The molecule has 29 heavy (non-hydrogen) atoms. The van der Waals surface area contributed by atoms with Gasteiger partial charge in [0.05, 0.1) is 31.2 Å². The Kier molecular flexibility index (Phi) is 4.77. The van der Waals surface area contributed by atoms with Crippen LogP contribution >= 0.6 is 0 Å². The smallest absolute Gasteiger partial charge is 0.342 e. The molecule has 1 aromatic carbocycles. The summed E-state index contributed by atoms with van der Waals surface area (Å²) in [6.45, 7) is 4.32. The number of ketones is 2. The fourth-order valence-electron chi connectivity index (χ4n) is 3.43. The highest BCUT2D eigenvalue weighted by Crippen LogP contribution is 2.34. The Morgan fingerprint density at radius 3 is 2.21 bits per heavy atom. The van der Waals surface area contributed by atoms with E-state index in [-0.39, 0.29) is 29.3 Å². The zero-order chi connectivity index (χ0) is 20.7. The molecule has 0 unspecified atom stereocenters. The van der Waals surface area contributed by atoms with Gasteiger partial charge in [-0.3, -0.25) is 9.59 Å². The standard InChI is InChI=1S/C21H22N2O6/c1-12-17(22-6-7-22)20(25)15(18(19(12)24)23-8-9-23)11-29-21(26)14-10-13(27-2)4-5-16(14)28-3/h4-5,10H,6-9,11H2,1-3H3. The molecule has 2 saturated heterocycles. The summed E-state index contributed by atoms with van der Waals surface area (Å²) in [6, 6.07) is 4.79. The SMILES string of the molecule is COc1ccc(OC)c(C(=O)OCC2=C(N3CC3)C(=O)C(C)=C(N3CC3)C2=O)c1. The minimum Gasteiger partial charge on any atom is -0.497 e. The van der Waals surface area contributed by atoms with Gasteiger partial charge in [0, 0.05) is 31.8 Å². The highest BCUT2D eigenvalue weighted by atomic mass is 16.5. The van der Waals surface area contributed by atoms with E-state index in [9.17, 15) is 14.4 Å². The van der Waals surface area contributed by atoms with Crippen LogP contribution in [0.1, 0.15) is 17.3 Å². The van der Waals surface area contributed by atoms with Crippen molar-refractivity contribution in [3.05, 3.63) is 46.3 Å². The van der Waals surface area contributed by atoms with Gasteiger partial charge in [0.1, 0.15) is 23.7 Å². The number of ether oxygens (including phenoxy) is 3. The Labute approximate surface area is 168 Å². The second-order valence-electron chi connectivity index (χ2n) is 7.08. The normalized spacial score (nSPS) is 18.3. The van der Waals surface area contributed by atoms with Crippen LogP contribution in [0, 0.1) is 0 Å². The van der Waals surface area contributed by atoms with Gasteiger partial charge in [0.2, 0.25) is 11.6 Å². The summed E-state index contributed by atoms with van der Waals surface area (Å²) in [5, 5.41) is 0. The Bertz CT molecular complexity index is 969. The van der Waals surface area contributed by atoms with Crippen LogP contribution in [0.3, 0.4) is 0 Å². The summed E-state index contributed by atoms with van der Waals surface area (Å²) < 4.78 is 15.8. The van der Waals surface area contributed by atoms with Crippen LogP contribution in [0.2, 0.25) is 0 Å². The van der Waals surface area contributed by atoms with Crippen molar-refractivity contribution in [3.63, 3.8) is 0 Å². The predicted octanol–water partition coefficient (Wildman–Crippen LogP) is 1.17. The van der Waals surface area contributed by atoms with Crippen molar-refractivity contribution in [3.8, 4) is 11.5 Å². The largest absolute Gasteiger partial charge is 0.497 e. The fraction of sp³-hybridized carbons (Fsp3) is 0.381. The molecule has 8 nitrogen and oxygen atoms in total. The number of benzene rings is 1. The number of methoxy groups -OCH3 is 2. The zero-order valence-corrected chi connectivity index (χ0v) is 16.6. The van der Waals surface area contributed by atoms with E-state index in [2.05, 4.69) is 0 Å². The highest BCUT2D eigenvalue weighted by Gasteiger charge is 2.42. The highest BCUT2D eigenvalue weighted by molar-refractivity contribution is 6.25. The molecule has 0 aromatic heterocycles. The van der Waals surface area contributed by atoms with Gasteiger partial charge in [-0.15, -0.1) is 0 Å². The molecule has 0 atom stereocenters. The average molecular weight is 398 g/mol. The van der Waals surface area contributed by atoms with Crippen LogP contribution in [0.4, 0.5) is 0 Å². The van der Waals surface area contributed by atoms with E-state index in [1.54, 1.807) is 19.1 Å². The number of rotatable bonds is 7. The lowest BCUT2D eigenvalue weighted by atomic mass is 9.91. The van der Waals surface area contributed by atoms with E-state index >= 15 is 0 Å². The van der Waals surface area contributed by atoms with E-state index in [1.165, 1.54) is 20.3 Å². The van der Waals surface area contributed by atoms with Gasteiger partial charge in [0.15, 0.2) is 0 Å². The molecule has 0 saturated carbocycles. The number of hydrogen-bond acceptors (Lipinski definition) is 8. The summed E-state index contributed by atoms with van der Waals surface area (Å²) in [7, 11) is 2.95. The van der Waals surface area contributed by atoms with E-state index in [0.29, 0.717) is 41.6 Å². The summed E-state index contributed by atoms with van der Waals surface area (Å²) >= 11 is 0. The summed E-state index contributed by atoms with van der Waals surface area (Å²) in [5.74, 6) is -0.255. The Morgan fingerprint density at radius 2 is 1.62 bits per heavy atom. The second-order valence-corrected chi connectivity index (χ2v) is 7.08. The molecule has 2 fully saturated rings. The molecular formula is C21H22N2O6. The van der Waals surface area contributed by atoms with Crippen molar-refractivity contribution in [2.75, 3.05) is 47.0 Å². The topological polar surface area (TPSA) is 84.9 Å². The Morgan fingerprint density at radius 1 is 0.966 bits per heavy atom. The molecule has 152 valence electrons. The lowest BCUT2D eigenvalue weighted by molar-refractivity contribution is -0.118. The van der Waals surface area contributed by atoms with Crippen molar-refractivity contribution in [2.24, 2.45) is 0 Å². The van der Waals surface area contributed by atoms with Crippen LogP contribution in [-0.4, -0.2) is 74.3 Å². The maximum Gasteiger partial charge on any atom is 0.342 e. The quantitative estimate of drug-likeness (QED) is 0.385. The molecule has 0 N–H and O–H groups in total. The molecule has 0 bridgehead atoms. The first-order valence-corrected chi connectivity index (χ1v) is 9.38.